The monoisotopic (exact) mass is 327 g/mol. The lowest BCUT2D eigenvalue weighted by atomic mass is 9.98. The van der Waals surface area contributed by atoms with Crippen molar-refractivity contribution in [2.24, 2.45) is 5.92 Å². The number of benzene rings is 1. The Labute approximate surface area is 122 Å². The first-order valence-corrected chi connectivity index (χ1v) is 7.85. The highest BCUT2D eigenvalue weighted by Crippen LogP contribution is 2.30. The third-order valence-electron chi connectivity index (χ3n) is 4.18. The molecule has 0 bridgehead atoms. The highest BCUT2D eigenvalue weighted by Gasteiger charge is 2.29. The number of hydrogen-bond acceptors (Lipinski definition) is 2. The van der Waals surface area contributed by atoms with Gasteiger partial charge in [0.05, 0.1) is 0 Å². The van der Waals surface area contributed by atoms with Gasteiger partial charge in [-0.05, 0) is 37.1 Å². The fourth-order valence-electron chi connectivity index (χ4n) is 2.93. The summed E-state index contributed by atoms with van der Waals surface area (Å²) in [4.78, 5) is 3.02. The summed E-state index contributed by atoms with van der Waals surface area (Å²) in [6, 6.07) is 4.81. The molecule has 0 spiro atoms. The molecule has 1 fully saturated rings. The summed E-state index contributed by atoms with van der Waals surface area (Å²) < 4.78 is 19.1. The van der Waals surface area contributed by atoms with Crippen LogP contribution >= 0.6 is 15.9 Å². The molecule has 0 amide bonds. The van der Waals surface area contributed by atoms with Gasteiger partial charge < -0.3 is 4.74 Å². The first-order valence-electron chi connectivity index (χ1n) is 6.93. The van der Waals surface area contributed by atoms with E-state index in [2.05, 4.69) is 27.8 Å². The van der Waals surface area contributed by atoms with E-state index in [1.807, 2.05) is 0 Å². The fourth-order valence-corrected chi connectivity index (χ4v) is 3.60. The third-order valence-corrected chi connectivity index (χ3v) is 5.37. The molecule has 1 saturated heterocycles. The lowest BCUT2D eigenvalue weighted by molar-refractivity contribution is 0.124. The van der Waals surface area contributed by atoms with Crippen LogP contribution in [0.5, 0.6) is 5.75 Å². The Hall–Kier alpha value is -0.610. The molecule has 2 heterocycles. The van der Waals surface area contributed by atoms with Gasteiger partial charge in [0.2, 0.25) is 0 Å². The first kappa shape index (κ1) is 13.4. The molecule has 0 aliphatic carbocycles. The number of fused-ring (bicyclic) bond motifs is 1. The van der Waals surface area contributed by atoms with Crippen LogP contribution in [0.25, 0.3) is 0 Å². The van der Waals surface area contributed by atoms with Gasteiger partial charge in [0.1, 0.15) is 17.7 Å². The van der Waals surface area contributed by atoms with Crippen molar-refractivity contribution >= 4 is 15.9 Å². The Balaban J connectivity index is 1.59. The van der Waals surface area contributed by atoms with Gasteiger partial charge in [-0.15, -0.1) is 0 Å². The fraction of sp³-hybridized carbons (Fsp3) is 0.600. The Morgan fingerprint density at radius 3 is 3.11 bits per heavy atom. The average Bonchev–Trinajstić information content (AvgIpc) is 2.75. The summed E-state index contributed by atoms with van der Waals surface area (Å²) in [5.74, 6) is 1.43. The zero-order valence-electron chi connectivity index (χ0n) is 11.1. The second kappa shape index (κ2) is 5.41. The smallest absolute Gasteiger partial charge is 0.123 e. The minimum absolute atomic E-state index is 0.171. The molecule has 2 aliphatic heterocycles. The topological polar surface area (TPSA) is 12.5 Å². The maximum absolute atomic E-state index is 13.2. The molecule has 0 radical (unpaired) electrons. The van der Waals surface area contributed by atoms with Crippen LogP contribution < -0.4 is 4.74 Å². The number of likely N-dealkylation sites (tertiary alicyclic amines) is 1. The number of alkyl halides is 1. The molecule has 3 unspecified atom stereocenters. The van der Waals surface area contributed by atoms with Gasteiger partial charge in [-0.25, -0.2) is 4.39 Å². The zero-order valence-corrected chi connectivity index (χ0v) is 12.7. The molecule has 3 rings (SSSR count). The summed E-state index contributed by atoms with van der Waals surface area (Å²) in [5, 5.41) is 0. The van der Waals surface area contributed by atoms with E-state index in [-0.39, 0.29) is 11.9 Å². The van der Waals surface area contributed by atoms with Gasteiger partial charge in [0, 0.05) is 29.9 Å². The van der Waals surface area contributed by atoms with Crippen LogP contribution in [-0.2, 0) is 6.42 Å². The van der Waals surface area contributed by atoms with Crippen molar-refractivity contribution in [2.75, 3.05) is 19.6 Å². The minimum atomic E-state index is -0.171. The lowest BCUT2D eigenvalue weighted by Gasteiger charge is -2.35. The Morgan fingerprint density at radius 2 is 2.32 bits per heavy atom. The summed E-state index contributed by atoms with van der Waals surface area (Å²) in [7, 11) is 0. The molecular formula is C15H19BrFNO. The highest BCUT2D eigenvalue weighted by molar-refractivity contribution is 9.09. The number of hydrogen-bond donors (Lipinski definition) is 0. The zero-order chi connectivity index (χ0) is 13.4. The van der Waals surface area contributed by atoms with Crippen molar-refractivity contribution in [3.63, 3.8) is 0 Å². The van der Waals surface area contributed by atoms with Gasteiger partial charge >= 0.3 is 0 Å². The predicted octanol–water partition coefficient (Wildman–Crippen LogP) is 3.23. The maximum Gasteiger partial charge on any atom is 0.123 e. The molecule has 1 aromatic carbocycles. The molecule has 0 aromatic heterocycles. The van der Waals surface area contributed by atoms with Gasteiger partial charge in [0.25, 0.3) is 0 Å². The molecule has 3 atom stereocenters. The van der Waals surface area contributed by atoms with Crippen LogP contribution in [0, 0.1) is 11.7 Å². The number of piperidine rings is 1. The van der Waals surface area contributed by atoms with E-state index in [9.17, 15) is 4.39 Å². The van der Waals surface area contributed by atoms with Crippen LogP contribution in [0.2, 0.25) is 0 Å². The molecule has 1 aromatic rings. The maximum atomic E-state index is 13.2. The Kier molecular flexibility index (Phi) is 3.81. The second-order valence-electron chi connectivity index (χ2n) is 5.74. The largest absolute Gasteiger partial charge is 0.488 e. The van der Waals surface area contributed by atoms with Crippen molar-refractivity contribution in [2.45, 2.75) is 30.7 Å². The third kappa shape index (κ3) is 2.95. The van der Waals surface area contributed by atoms with E-state index >= 15 is 0 Å². The van der Waals surface area contributed by atoms with Crippen LogP contribution in [-0.4, -0.2) is 35.5 Å². The summed E-state index contributed by atoms with van der Waals surface area (Å²) in [6.45, 7) is 5.44. The van der Waals surface area contributed by atoms with Gasteiger partial charge in [-0.3, -0.25) is 4.90 Å². The Bertz CT molecular complexity index is 467. The number of halogens is 2. The van der Waals surface area contributed by atoms with Crippen molar-refractivity contribution < 1.29 is 9.13 Å². The summed E-state index contributed by atoms with van der Waals surface area (Å²) >= 11 is 3.75. The number of ether oxygens (including phenoxy) is 1. The van der Waals surface area contributed by atoms with Crippen LogP contribution in [0.15, 0.2) is 18.2 Å². The molecule has 2 aliphatic rings. The second-order valence-corrected chi connectivity index (χ2v) is 6.91. The first-order chi connectivity index (χ1) is 9.11. The molecule has 2 nitrogen and oxygen atoms in total. The van der Waals surface area contributed by atoms with Crippen molar-refractivity contribution in [1.29, 1.82) is 0 Å². The van der Waals surface area contributed by atoms with E-state index < -0.39 is 0 Å². The quantitative estimate of drug-likeness (QED) is 0.773. The molecular weight excluding hydrogens is 309 g/mol. The number of nitrogens with zero attached hydrogens (tertiary/aromatic N) is 1. The molecule has 4 heteroatoms. The van der Waals surface area contributed by atoms with Crippen LogP contribution in [0.3, 0.4) is 0 Å². The van der Waals surface area contributed by atoms with E-state index in [0.29, 0.717) is 4.83 Å². The molecule has 0 N–H and O–H groups in total. The predicted molar refractivity (Wildman–Crippen MR) is 77.5 cm³/mol. The number of rotatable bonds is 2. The lowest BCUT2D eigenvalue weighted by Crippen LogP contribution is -2.44. The highest BCUT2D eigenvalue weighted by atomic mass is 79.9. The summed E-state index contributed by atoms with van der Waals surface area (Å²) in [5.41, 5.74) is 1.01. The standard InChI is InChI=1S/C15H19BrFNO/c1-10-4-5-18(9-14(10)16)8-13-7-11-6-12(17)2-3-15(11)19-13/h2-3,6,10,13-14H,4-5,7-9H2,1H3. The van der Waals surface area contributed by atoms with Crippen molar-refractivity contribution in [3.05, 3.63) is 29.6 Å². The SMILES string of the molecule is CC1CCN(CC2Cc3cc(F)ccc3O2)CC1Br. The van der Waals surface area contributed by atoms with Crippen molar-refractivity contribution in [1.82, 2.24) is 4.90 Å². The normalized spacial score (nSPS) is 31.0. The van der Waals surface area contributed by atoms with Crippen LogP contribution in [0.4, 0.5) is 4.39 Å². The van der Waals surface area contributed by atoms with Gasteiger partial charge in [-0.1, -0.05) is 22.9 Å². The van der Waals surface area contributed by atoms with E-state index in [4.69, 9.17) is 4.74 Å². The van der Waals surface area contributed by atoms with E-state index in [1.54, 1.807) is 12.1 Å². The van der Waals surface area contributed by atoms with Crippen LogP contribution in [0.1, 0.15) is 18.9 Å². The molecule has 0 saturated carbocycles. The molecule has 19 heavy (non-hydrogen) atoms. The van der Waals surface area contributed by atoms with Crippen molar-refractivity contribution in [3.8, 4) is 5.75 Å². The minimum Gasteiger partial charge on any atom is -0.488 e. The summed E-state index contributed by atoms with van der Waals surface area (Å²) in [6.07, 6.45) is 2.22. The van der Waals surface area contributed by atoms with Gasteiger partial charge in [-0.2, -0.15) is 0 Å². The molecule has 104 valence electrons. The Morgan fingerprint density at radius 1 is 1.47 bits per heavy atom. The van der Waals surface area contributed by atoms with E-state index in [1.165, 1.54) is 12.5 Å². The van der Waals surface area contributed by atoms with E-state index in [0.717, 1.165) is 43.3 Å². The van der Waals surface area contributed by atoms with Gasteiger partial charge in [0.15, 0.2) is 0 Å². The average molecular weight is 328 g/mol.